The molecule has 0 saturated heterocycles. The molecule has 0 saturated carbocycles. The zero-order valence-electron chi connectivity index (χ0n) is 11.8. The molecule has 0 spiro atoms. The maximum absolute atomic E-state index is 12.3. The summed E-state index contributed by atoms with van der Waals surface area (Å²) in [4.78, 5) is 22.7. The Morgan fingerprint density at radius 2 is 2.27 bits per heavy atom. The standard InChI is InChI=1S/C16H14N4OS/c21-16(14-8-11-2-1-3-13(11)22-14)19-12-4-5-15(18-9-12)20-7-6-17-10-20/h4-10H,1-3H2,(H,19,21). The van der Waals surface area contributed by atoms with E-state index in [1.807, 2.05) is 29.0 Å². The molecule has 1 aliphatic rings. The lowest BCUT2D eigenvalue weighted by molar-refractivity contribution is 0.103. The third-order valence-electron chi connectivity index (χ3n) is 3.75. The Morgan fingerprint density at radius 1 is 1.32 bits per heavy atom. The minimum atomic E-state index is -0.0587. The molecule has 0 aliphatic heterocycles. The summed E-state index contributed by atoms with van der Waals surface area (Å²) in [6.45, 7) is 0. The zero-order valence-corrected chi connectivity index (χ0v) is 12.6. The van der Waals surface area contributed by atoms with Crippen LogP contribution in [-0.4, -0.2) is 20.4 Å². The number of carbonyl (C=O) groups is 1. The molecule has 1 amide bonds. The lowest BCUT2D eigenvalue weighted by Crippen LogP contribution is -2.10. The number of amides is 1. The zero-order chi connectivity index (χ0) is 14.9. The van der Waals surface area contributed by atoms with Gasteiger partial charge in [0.15, 0.2) is 0 Å². The second-order valence-electron chi connectivity index (χ2n) is 5.24. The highest BCUT2D eigenvalue weighted by Crippen LogP contribution is 2.30. The van der Waals surface area contributed by atoms with Crippen LogP contribution in [0.2, 0.25) is 0 Å². The molecule has 110 valence electrons. The minimum Gasteiger partial charge on any atom is -0.320 e. The number of carbonyl (C=O) groups excluding carboxylic acids is 1. The first-order valence-corrected chi connectivity index (χ1v) is 7.98. The van der Waals surface area contributed by atoms with Crippen LogP contribution in [0.1, 0.15) is 26.5 Å². The van der Waals surface area contributed by atoms with Crippen molar-refractivity contribution in [2.45, 2.75) is 19.3 Å². The Morgan fingerprint density at radius 3 is 3.00 bits per heavy atom. The number of aryl methyl sites for hydroxylation is 2. The van der Waals surface area contributed by atoms with Crippen LogP contribution in [0.15, 0.2) is 43.1 Å². The van der Waals surface area contributed by atoms with Crippen molar-refractivity contribution in [1.82, 2.24) is 14.5 Å². The van der Waals surface area contributed by atoms with Crippen molar-refractivity contribution in [3.8, 4) is 5.82 Å². The van der Waals surface area contributed by atoms with E-state index in [9.17, 15) is 4.79 Å². The molecule has 1 aliphatic carbocycles. The monoisotopic (exact) mass is 310 g/mol. The molecule has 3 aromatic rings. The van der Waals surface area contributed by atoms with E-state index in [-0.39, 0.29) is 5.91 Å². The highest BCUT2D eigenvalue weighted by Gasteiger charge is 2.18. The molecule has 5 nitrogen and oxygen atoms in total. The maximum atomic E-state index is 12.3. The van der Waals surface area contributed by atoms with Crippen molar-refractivity contribution in [2.24, 2.45) is 0 Å². The van der Waals surface area contributed by atoms with Crippen LogP contribution in [0, 0.1) is 0 Å². The lowest BCUT2D eigenvalue weighted by atomic mass is 10.2. The number of anilines is 1. The minimum absolute atomic E-state index is 0.0587. The number of imidazole rings is 1. The van der Waals surface area contributed by atoms with Crippen LogP contribution in [0.5, 0.6) is 0 Å². The molecule has 0 fully saturated rings. The van der Waals surface area contributed by atoms with Crippen molar-refractivity contribution in [3.63, 3.8) is 0 Å². The molecule has 6 heteroatoms. The van der Waals surface area contributed by atoms with Gasteiger partial charge in [0.2, 0.25) is 0 Å². The van der Waals surface area contributed by atoms with Gasteiger partial charge in [0.1, 0.15) is 12.1 Å². The smallest absolute Gasteiger partial charge is 0.265 e. The largest absolute Gasteiger partial charge is 0.320 e. The number of thiophene rings is 1. The molecule has 22 heavy (non-hydrogen) atoms. The third kappa shape index (κ3) is 2.42. The number of aromatic nitrogens is 3. The molecule has 0 radical (unpaired) electrons. The first kappa shape index (κ1) is 13.2. The first-order chi connectivity index (χ1) is 10.8. The molecule has 3 aromatic heterocycles. The summed E-state index contributed by atoms with van der Waals surface area (Å²) in [5, 5.41) is 2.90. The molecular formula is C16H14N4OS. The molecule has 0 atom stereocenters. The van der Waals surface area contributed by atoms with E-state index in [0.29, 0.717) is 5.69 Å². The SMILES string of the molecule is O=C(Nc1ccc(-n2ccnc2)nc1)c1cc2c(s1)CCC2. The van der Waals surface area contributed by atoms with E-state index in [2.05, 4.69) is 15.3 Å². The van der Waals surface area contributed by atoms with Gasteiger partial charge in [-0.15, -0.1) is 11.3 Å². The number of hydrogen-bond acceptors (Lipinski definition) is 4. The summed E-state index contributed by atoms with van der Waals surface area (Å²) in [6.07, 6.45) is 10.3. The topological polar surface area (TPSA) is 59.8 Å². The Kier molecular flexibility index (Phi) is 3.23. The number of nitrogens with one attached hydrogen (secondary N) is 1. The quantitative estimate of drug-likeness (QED) is 0.809. The van der Waals surface area contributed by atoms with Crippen LogP contribution >= 0.6 is 11.3 Å². The van der Waals surface area contributed by atoms with E-state index in [4.69, 9.17) is 0 Å². The average molecular weight is 310 g/mol. The van der Waals surface area contributed by atoms with Crippen LogP contribution in [0.4, 0.5) is 5.69 Å². The Hall–Kier alpha value is -2.47. The Labute approximate surface area is 131 Å². The van der Waals surface area contributed by atoms with Crippen molar-refractivity contribution >= 4 is 22.9 Å². The molecule has 0 unspecified atom stereocenters. The Balaban J connectivity index is 1.49. The van der Waals surface area contributed by atoms with Crippen molar-refractivity contribution in [3.05, 3.63) is 58.4 Å². The van der Waals surface area contributed by atoms with Crippen LogP contribution < -0.4 is 5.32 Å². The average Bonchev–Trinajstić information content (AvgIpc) is 3.24. The molecule has 3 heterocycles. The van der Waals surface area contributed by atoms with Gasteiger partial charge in [-0.1, -0.05) is 0 Å². The number of hydrogen-bond donors (Lipinski definition) is 1. The summed E-state index contributed by atoms with van der Waals surface area (Å²) >= 11 is 1.61. The summed E-state index contributed by atoms with van der Waals surface area (Å²) in [6, 6.07) is 5.73. The molecule has 0 bridgehead atoms. The van der Waals surface area contributed by atoms with Gasteiger partial charge in [-0.2, -0.15) is 0 Å². The summed E-state index contributed by atoms with van der Waals surface area (Å²) < 4.78 is 1.81. The lowest BCUT2D eigenvalue weighted by Gasteiger charge is -2.05. The fraction of sp³-hybridized carbons (Fsp3) is 0.188. The van der Waals surface area contributed by atoms with Crippen molar-refractivity contribution in [1.29, 1.82) is 0 Å². The van der Waals surface area contributed by atoms with Crippen LogP contribution in [0.25, 0.3) is 5.82 Å². The van der Waals surface area contributed by atoms with Gasteiger partial charge in [0.25, 0.3) is 5.91 Å². The van der Waals surface area contributed by atoms with E-state index >= 15 is 0 Å². The molecule has 1 N–H and O–H groups in total. The summed E-state index contributed by atoms with van der Waals surface area (Å²) in [5.41, 5.74) is 2.03. The molecular weight excluding hydrogens is 296 g/mol. The summed E-state index contributed by atoms with van der Waals surface area (Å²) in [5.74, 6) is 0.710. The number of pyridine rings is 1. The number of rotatable bonds is 3. The maximum Gasteiger partial charge on any atom is 0.265 e. The second-order valence-corrected chi connectivity index (χ2v) is 6.38. The Bertz CT molecular complexity index is 784. The van der Waals surface area contributed by atoms with Gasteiger partial charge >= 0.3 is 0 Å². The number of nitrogens with zero attached hydrogens (tertiary/aromatic N) is 3. The highest BCUT2D eigenvalue weighted by molar-refractivity contribution is 7.14. The normalized spacial score (nSPS) is 13.1. The van der Waals surface area contributed by atoms with E-state index in [1.54, 1.807) is 30.1 Å². The second kappa shape index (κ2) is 5.38. The van der Waals surface area contributed by atoms with Crippen LogP contribution in [-0.2, 0) is 12.8 Å². The van der Waals surface area contributed by atoms with Crippen molar-refractivity contribution in [2.75, 3.05) is 5.32 Å². The predicted octanol–water partition coefficient (Wildman–Crippen LogP) is 3.07. The third-order valence-corrected chi connectivity index (χ3v) is 4.98. The van der Waals surface area contributed by atoms with Gasteiger partial charge in [-0.25, -0.2) is 9.97 Å². The molecule has 4 rings (SSSR count). The highest BCUT2D eigenvalue weighted by atomic mass is 32.1. The number of fused-ring (bicyclic) bond motifs is 1. The summed E-state index contributed by atoms with van der Waals surface area (Å²) in [7, 11) is 0. The van der Waals surface area contributed by atoms with Gasteiger partial charge < -0.3 is 5.32 Å². The van der Waals surface area contributed by atoms with Crippen molar-refractivity contribution < 1.29 is 4.79 Å². The fourth-order valence-electron chi connectivity index (χ4n) is 2.64. The fourth-order valence-corrected chi connectivity index (χ4v) is 3.79. The van der Waals surface area contributed by atoms with Gasteiger partial charge in [0.05, 0.1) is 16.8 Å². The first-order valence-electron chi connectivity index (χ1n) is 7.17. The van der Waals surface area contributed by atoms with E-state index < -0.39 is 0 Å². The van der Waals surface area contributed by atoms with Gasteiger partial charge in [-0.3, -0.25) is 9.36 Å². The van der Waals surface area contributed by atoms with E-state index in [0.717, 1.165) is 23.5 Å². The molecule has 0 aromatic carbocycles. The van der Waals surface area contributed by atoms with Gasteiger partial charge in [0, 0.05) is 17.3 Å². The van der Waals surface area contributed by atoms with Gasteiger partial charge in [-0.05, 0) is 43.0 Å². The predicted molar refractivity (Wildman–Crippen MR) is 85.7 cm³/mol. The van der Waals surface area contributed by atoms with E-state index in [1.165, 1.54) is 16.9 Å². The van der Waals surface area contributed by atoms with Crippen LogP contribution in [0.3, 0.4) is 0 Å².